The average molecular weight is 169 g/mol. The van der Waals surface area contributed by atoms with Gasteiger partial charge < -0.3 is 5.73 Å². The lowest BCUT2D eigenvalue weighted by Gasteiger charge is -2.14. The molecular formula is C11H23N. The van der Waals surface area contributed by atoms with E-state index in [0.717, 1.165) is 30.2 Å². The molecule has 0 spiro atoms. The van der Waals surface area contributed by atoms with Crippen molar-refractivity contribution in [2.75, 3.05) is 6.54 Å². The Hall–Kier alpha value is -0.0400. The Labute approximate surface area is 76.7 Å². The van der Waals surface area contributed by atoms with E-state index in [2.05, 4.69) is 20.8 Å². The van der Waals surface area contributed by atoms with Crippen LogP contribution in [-0.2, 0) is 0 Å². The molecule has 0 bridgehead atoms. The fourth-order valence-corrected chi connectivity index (χ4v) is 2.55. The molecule has 0 aromatic carbocycles. The molecule has 0 heterocycles. The second-order valence-electron chi connectivity index (χ2n) is 4.79. The minimum Gasteiger partial charge on any atom is -0.330 e. The normalized spacial score (nSPS) is 36.2. The fourth-order valence-electron chi connectivity index (χ4n) is 2.55. The zero-order valence-corrected chi connectivity index (χ0v) is 8.72. The van der Waals surface area contributed by atoms with Crippen molar-refractivity contribution in [3.8, 4) is 0 Å². The zero-order valence-electron chi connectivity index (χ0n) is 8.72. The molecule has 1 aliphatic carbocycles. The van der Waals surface area contributed by atoms with Crippen LogP contribution in [0.25, 0.3) is 0 Å². The van der Waals surface area contributed by atoms with Crippen molar-refractivity contribution in [2.45, 2.75) is 40.0 Å². The van der Waals surface area contributed by atoms with Gasteiger partial charge in [0, 0.05) is 0 Å². The molecule has 1 aliphatic rings. The van der Waals surface area contributed by atoms with Crippen LogP contribution in [0.3, 0.4) is 0 Å². The van der Waals surface area contributed by atoms with E-state index in [1.54, 1.807) is 0 Å². The van der Waals surface area contributed by atoms with Crippen LogP contribution in [0.5, 0.6) is 0 Å². The van der Waals surface area contributed by atoms with Crippen LogP contribution in [0.2, 0.25) is 0 Å². The fraction of sp³-hybridized carbons (Fsp3) is 1.00. The Morgan fingerprint density at radius 2 is 2.00 bits per heavy atom. The molecule has 72 valence electrons. The molecule has 0 amide bonds. The van der Waals surface area contributed by atoms with Crippen molar-refractivity contribution in [1.82, 2.24) is 0 Å². The largest absolute Gasteiger partial charge is 0.330 e. The van der Waals surface area contributed by atoms with Crippen molar-refractivity contribution in [3.05, 3.63) is 0 Å². The van der Waals surface area contributed by atoms with Gasteiger partial charge in [0.1, 0.15) is 0 Å². The molecular weight excluding hydrogens is 146 g/mol. The van der Waals surface area contributed by atoms with Crippen molar-refractivity contribution < 1.29 is 0 Å². The molecule has 0 aliphatic heterocycles. The summed E-state index contributed by atoms with van der Waals surface area (Å²) in [4.78, 5) is 0. The third-order valence-corrected chi connectivity index (χ3v) is 3.57. The first-order valence-electron chi connectivity index (χ1n) is 5.35. The first-order valence-corrected chi connectivity index (χ1v) is 5.35. The smallest absolute Gasteiger partial charge is 0.00745 e. The van der Waals surface area contributed by atoms with E-state index in [1.807, 2.05) is 0 Å². The first-order chi connectivity index (χ1) is 5.65. The van der Waals surface area contributed by atoms with Crippen LogP contribution in [0, 0.1) is 23.7 Å². The van der Waals surface area contributed by atoms with Crippen LogP contribution in [0.15, 0.2) is 0 Å². The highest BCUT2D eigenvalue weighted by Crippen LogP contribution is 2.41. The van der Waals surface area contributed by atoms with Gasteiger partial charge in [0.15, 0.2) is 0 Å². The van der Waals surface area contributed by atoms with Gasteiger partial charge in [0.05, 0.1) is 0 Å². The molecule has 1 saturated carbocycles. The van der Waals surface area contributed by atoms with Gasteiger partial charge in [-0.15, -0.1) is 0 Å². The molecule has 1 fully saturated rings. The van der Waals surface area contributed by atoms with Crippen LogP contribution in [0.4, 0.5) is 0 Å². The van der Waals surface area contributed by atoms with Gasteiger partial charge in [-0.05, 0) is 49.5 Å². The molecule has 0 aromatic rings. The van der Waals surface area contributed by atoms with E-state index in [4.69, 9.17) is 5.73 Å². The lowest BCUT2D eigenvalue weighted by molar-refractivity contribution is 0.373. The maximum absolute atomic E-state index is 5.59. The van der Waals surface area contributed by atoms with Gasteiger partial charge in [-0.3, -0.25) is 0 Å². The topological polar surface area (TPSA) is 26.0 Å². The van der Waals surface area contributed by atoms with E-state index in [9.17, 15) is 0 Å². The highest BCUT2D eigenvalue weighted by molar-refractivity contribution is 4.82. The zero-order chi connectivity index (χ0) is 9.14. The summed E-state index contributed by atoms with van der Waals surface area (Å²) in [7, 11) is 0. The molecule has 2 N–H and O–H groups in total. The third-order valence-electron chi connectivity index (χ3n) is 3.57. The van der Waals surface area contributed by atoms with E-state index < -0.39 is 0 Å². The first kappa shape index (κ1) is 10.0. The van der Waals surface area contributed by atoms with Gasteiger partial charge in [0.25, 0.3) is 0 Å². The maximum atomic E-state index is 5.59. The number of hydrogen-bond donors (Lipinski definition) is 1. The summed E-state index contributed by atoms with van der Waals surface area (Å²) < 4.78 is 0. The standard InChI is InChI=1S/C11H23N/c1-8(2)11-6-9(3)10(7-11)4-5-12/h8-11H,4-7,12H2,1-3H3. The number of rotatable bonds is 3. The highest BCUT2D eigenvalue weighted by atomic mass is 14.5. The molecule has 12 heavy (non-hydrogen) atoms. The van der Waals surface area contributed by atoms with E-state index in [0.29, 0.717) is 0 Å². The van der Waals surface area contributed by atoms with Crippen LogP contribution in [-0.4, -0.2) is 6.54 Å². The quantitative estimate of drug-likeness (QED) is 0.690. The van der Waals surface area contributed by atoms with Gasteiger partial charge in [0.2, 0.25) is 0 Å². The van der Waals surface area contributed by atoms with Gasteiger partial charge in [-0.2, -0.15) is 0 Å². The summed E-state index contributed by atoms with van der Waals surface area (Å²) in [6.45, 7) is 7.97. The van der Waals surface area contributed by atoms with Gasteiger partial charge in [-0.1, -0.05) is 20.8 Å². The molecule has 1 nitrogen and oxygen atoms in total. The minimum absolute atomic E-state index is 0.871. The summed E-state index contributed by atoms with van der Waals surface area (Å²) in [5, 5.41) is 0. The summed E-state index contributed by atoms with van der Waals surface area (Å²) in [5.41, 5.74) is 5.59. The predicted molar refractivity (Wildman–Crippen MR) is 53.9 cm³/mol. The van der Waals surface area contributed by atoms with E-state index in [-0.39, 0.29) is 0 Å². The SMILES string of the molecule is CC(C)C1CC(C)C(CCN)C1. The maximum Gasteiger partial charge on any atom is -0.00745 e. The van der Waals surface area contributed by atoms with Crippen LogP contribution in [0.1, 0.15) is 40.0 Å². The molecule has 0 radical (unpaired) electrons. The lowest BCUT2D eigenvalue weighted by atomic mass is 9.92. The van der Waals surface area contributed by atoms with Gasteiger partial charge >= 0.3 is 0 Å². The summed E-state index contributed by atoms with van der Waals surface area (Å²) in [6, 6.07) is 0. The second kappa shape index (κ2) is 4.27. The Kier molecular flexibility index (Phi) is 3.57. The van der Waals surface area contributed by atoms with Crippen molar-refractivity contribution in [3.63, 3.8) is 0 Å². The monoisotopic (exact) mass is 169 g/mol. The van der Waals surface area contributed by atoms with E-state index >= 15 is 0 Å². The van der Waals surface area contributed by atoms with Crippen molar-refractivity contribution >= 4 is 0 Å². The van der Waals surface area contributed by atoms with E-state index in [1.165, 1.54) is 19.3 Å². The Morgan fingerprint density at radius 3 is 2.42 bits per heavy atom. The molecule has 0 saturated heterocycles. The average Bonchev–Trinajstić information content (AvgIpc) is 2.34. The molecule has 3 atom stereocenters. The summed E-state index contributed by atoms with van der Waals surface area (Å²) in [6.07, 6.45) is 4.10. The number of nitrogens with two attached hydrogens (primary N) is 1. The Morgan fingerprint density at radius 1 is 1.33 bits per heavy atom. The second-order valence-corrected chi connectivity index (χ2v) is 4.79. The van der Waals surface area contributed by atoms with Crippen LogP contribution < -0.4 is 5.73 Å². The van der Waals surface area contributed by atoms with Crippen molar-refractivity contribution in [2.24, 2.45) is 29.4 Å². The molecule has 3 unspecified atom stereocenters. The summed E-state index contributed by atoms with van der Waals surface area (Å²) >= 11 is 0. The predicted octanol–water partition coefficient (Wildman–Crippen LogP) is 2.65. The Bertz CT molecular complexity index is 131. The number of hydrogen-bond acceptors (Lipinski definition) is 1. The molecule has 0 aromatic heterocycles. The van der Waals surface area contributed by atoms with Crippen LogP contribution >= 0.6 is 0 Å². The summed E-state index contributed by atoms with van der Waals surface area (Å²) in [5.74, 6) is 3.68. The third kappa shape index (κ3) is 2.22. The highest BCUT2D eigenvalue weighted by Gasteiger charge is 2.31. The van der Waals surface area contributed by atoms with Gasteiger partial charge in [-0.25, -0.2) is 0 Å². The molecule has 1 heteroatoms. The molecule has 1 rings (SSSR count). The van der Waals surface area contributed by atoms with Crippen molar-refractivity contribution in [1.29, 1.82) is 0 Å². The minimum atomic E-state index is 0.871. The lowest BCUT2D eigenvalue weighted by Crippen LogP contribution is -2.10. The Balaban J connectivity index is 2.39.